The number of aromatic amines is 1. The molecule has 0 atom stereocenters. The molecule has 0 aliphatic rings. The molecule has 0 bridgehead atoms. The standard InChI is InChI=1S/C21H17Cl2N3O4/c22-14-4-8-16(9-5-14)29-12-20(27)25-18-2-1-3-19(24-18)26-21(28)13-30-17-10-6-15(23)7-11-17/h1-11H,12-13H2,(H2,24,25,26,27,28)/p+1. The summed E-state index contributed by atoms with van der Waals surface area (Å²) in [5.74, 6) is 1.12. The van der Waals surface area contributed by atoms with Crippen LogP contribution in [0.2, 0.25) is 10.0 Å². The molecule has 30 heavy (non-hydrogen) atoms. The number of hydrogen-bond acceptors (Lipinski definition) is 4. The Morgan fingerprint density at radius 1 is 0.700 bits per heavy atom. The van der Waals surface area contributed by atoms with Crippen molar-refractivity contribution in [1.29, 1.82) is 0 Å². The molecule has 1 heterocycles. The molecule has 0 radical (unpaired) electrons. The van der Waals surface area contributed by atoms with Gasteiger partial charge in [-0.3, -0.25) is 9.59 Å². The molecule has 2 aromatic carbocycles. The summed E-state index contributed by atoms with van der Waals surface area (Å²) in [5.41, 5.74) is 0. The van der Waals surface area contributed by atoms with Crippen molar-refractivity contribution in [2.24, 2.45) is 0 Å². The molecule has 0 aliphatic heterocycles. The molecular weight excluding hydrogens is 429 g/mol. The number of H-pyrrole nitrogens is 1. The average Bonchev–Trinajstić information content (AvgIpc) is 2.73. The number of carbonyl (C=O) groups excluding carboxylic acids is 2. The van der Waals surface area contributed by atoms with E-state index in [0.717, 1.165) is 0 Å². The van der Waals surface area contributed by atoms with Crippen molar-refractivity contribution < 1.29 is 24.0 Å². The van der Waals surface area contributed by atoms with Crippen LogP contribution in [0.3, 0.4) is 0 Å². The van der Waals surface area contributed by atoms with E-state index in [0.29, 0.717) is 33.2 Å². The van der Waals surface area contributed by atoms with Crippen molar-refractivity contribution in [1.82, 2.24) is 0 Å². The van der Waals surface area contributed by atoms with E-state index < -0.39 is 0 Å². The van der Waals surface area contributed by atoms with Gasteiger partial charge in [-0.15, -0.1) is 0 Å². The largest absolute Gasteiger partial charge is 0.482 e. The van der Waals surface area contributed by atoms with E-state index in [4.69, 9.17) is 32.7 Å². The van der Waals surface area contributed by atoms with Gasteiger partial charge in [0.25, 0.3) is 0 Å². The van der Waals surface area contributed by atoms with Gasteiger partial charge in [-0.05, 0) is 54.6 Å². The number of halogens is 2. The first-order valence-corrected chi connectivity index (χ1v) is 9.62. The Labute approximate surface area is 182 Å². The lowest BCUT2D eigenvalue weighted by Gasteiger charge is -2.06. The second-order valence-corrected chi connectivity index (χ2v) is 6.93. The number of carbonyl (C=O) groups is 2. The summed E-state index contributed by atoms with van der Waals surface area (Å²) in [6.45, 7) is -0.359. The van der Waals surface area contributed by atoms with Crippen LogP contribution in [0.1, 0.15) is 0 Å². The second-order valence-electron chi connectivity index (χ2n) is 6.06. The Balaban J connectivity index is 1.47. The molecule has 1 aromatic heterocycles. The third-order valence-electron chi connectivity index (χ3n) is 3.71. The van der Waals surface area contributed by atoms with E-state index in [2.05, 4.69) is 15.6 Å². The summed E-state index contributed by atoms with van der Waals surface area (Å²) >= 11 is 11.6. The van der Waals surface area contributed by atoms with Gasteiger partial charge in [-0.25, -0.2) is 15.6 Å². The van der Waals surface area contributed by atoms with Crippen molar-refractivity contribution in [3.05, 3.63) is 76.8 Å². The van der Waals surface area contributed by atoms with Crippen molar-refractivity contribution in [3.63, 3.8) is 0 Å². The summed E-state index contributed by atoms with van der Waals surface area (Å²) in [4.78, 5) is 27.0. The molecule has 0 saturated heterocycles. The highest BCUT2D eigenvalue weighted by atomic mass is 35.5. The number of benzene rings is 2. The molecule has 2 amide bonds. The minimum absolute atomic E-state index is 0.180. The lowest BCUT2D eigenvalue weighted by Crippen LogP contribution is -2.28. The van der Waals surface area contributed by atoms with E-state index in [1.807, 2.05) is 0 Å². The van der Waals surface area contributed by atoms with Crippen LogP contribution in [0.25, 0.3) is 0 Å². The normalized spacial score (nSPS) is 10.2. The maximum Gasteiger partial charge on any atom is 0.317 e. The first-order valence-electron chi connectivity index (χ1n) is 8.87. The minimum Gasteiger partial charge on any atom is -0.482 e. The molecule has 9 heteroatoms. The molecule has 0 spiro atoms. The van der Waals surface area contributed by atoms with Crippen molar-refractivity contribution in [2.45, 2.75) is 0 Å². The monoisotopic (exact) mass is 446 g/mol. The third-order valence-corrected chi connectivity index (χ3v) is 4.21. The molecule has 0 fully saturated rings. The molecule has 0 saturated carbocycles. The van der Waals surface area contributed by atoms with Crippen LogP contribution in [-0.4, -0.2) is 25.0 Å². The Kier molecular flexibility index (Phi) is 7.48. The van der Waals surface area contributed by atoms with Gasteiger partial charge in [0.15, 0.2) is 13.2 Å². The fourth-order valence-electron chi connectivity index (χ4n) is 2.35. The van der Waals surface area contributed by atoms with Crippen molar-refractivity contribution in [3.8, 4) is 11.5 Å². The topological polar surface area (TPSA) is 90.8 Å². The Morgan fingerprint density at radius 3 is 1.50 bits per heavy atom. The van der Waals surface area contributed by atoms with Crippen LogP contribution < -0.4 is 25.1 Å². The fraction of sp³-hybridized carbons (Fsp3) is 0.0952. The lowest BCUT2D eigenvalue weighted by atomic mass is 10.3. The maximum absolute atomic E-state index is 12.1. The minimum atomic E-state index is -0.365. The van der Waals surface area contributed by atoms with E-state index in [-0.39, 0.29) is 25.0 Å². The molecule has 3 N–H and O–H groups in total. The van der Waals surface area contributed by atoms with E-state index in [1.165, 1.54) is 0 Å². The number of pyridine rings is 1. The second kappa shape index (κ2) is 10.5. The van der Waals surface area contributed by atoms with Gasteiger partial charge in [-0.2, -0.15) is 0 Å². The fourth-order valence-corrected chi connectivity index (χ4v) is 2.60. The van der Waals surface area contributed by atoms with Crippen LogP contribution in [0.5, 0.6) is 11.5 Å². The van der Waals surface area contributed by atoms with E-state index >= 15 is 0 Å². The summed E-state index contributed by atoms with van der Waals surface area (Å²) in [6, 6.07) is 18.4. The summed E-state index contributed by atoms with van der Waals surface area (Å²) in [5, 5.41) is 6.48. The van der Waals surface area contributed by atoms with E-state index in [1.54, 1.807) is 66.7 Å². The van der Waals surface area contributed by atoms with Gasteiger partial charge in [0.1, 0.15) is 11.5 Å². The van der Waals surface area contributed by atoms with Crippen LogP contribution in [-0.2, 0) is 9.59 Å². The first-order chi connectivity index (χ1) is 14.5. The molecule has 0 aliphatic carbocycles. The summed E-state index contributed by atoms with van der Waals surface area (Å²) < 4.78 is 10.8. The average molecular weight is 447 g/mol. The number of amides is 2. The highest BCUT2D eigenvalue weighted by Gasteiger charge is 2.13. The molecule has 3 rings (SSSR count). The Morgan fingerprint density at radius 2 is 1.10 bits per heavy atom. The van der Waals surface area contributed by atoms with Crippen LogP contribution in [0.4, 0.5) is 11.6 Å². The van der Waals surface area contributed by atoms with Crippen LogP contribution >= 0.6 is 23.2 Å². The van der Waals surface area contributed by atoms with Gasteiger partial charge in [0.05, 0.1) is 0 Å². The molecule has 7 nitrogen and oxygen atoms in total. The third kappa shape index (κ3) is 6.95. The number of aromatic nitrogens is 1. The van der Waals surface area contributed by atoms with Crippen molar-refractivity contribution >= 4 is 46.7 Å². The maximum atomic E-state index is 12.1. The number of anilines is 2. The highest BCUT2D eigenvalue weighted by molar-refractivity contribution is 6.30. The van der Waals surface area contributed by atoms with E-state index in [9.17, 15) is 9.59 Å². The number of rotatable bonds is 8. The Bertz CT molecular complexity index is 933. The van der Waals surface area contributed by atoms with Crippen molar-refractivity contribution in [2.75, 3.05) is 23.8 Å². The Hall–Kier alpha value is -3.29. The predicted octanol–water partition coefficient (Wildman–Crippen LogP) is 3.84. The highest BCUT2D eigenvalue weighted by Crippen LogP contribution is 2.16. The zero-order valence-corrected chi connectivity index (χ0v) is 17.2. The first kappa shape index (κ1) is 21.4. The molecular formula is C21H18Cl2N3O4+. The quantitative estimate of drug-likeness (QED) is 0.549. The molecule has 0 unspecified atom stereocenters. The summed E-state index contributed by atoms with van der Waals surface area (Å²) in [7, 11) is 0. The zero-order chi connectivity index (χ0) is 21.3. The van der Waals surface area contributed by atoms with Crippen LogP contribution in [0, 0.1) is 0 Å². The number of nitrogens with one attached hydrogen (secondary N) is 3. The zero-order valence-electron chi connectivity index (χ0n) is 15.7. The summed E-state index contributed by atoms with van der Waals surface area (Å²) in [6.07, 6.45) is 0. The number of hydrogen-bond donors (Lipinski definition) is 2. The van der Waals surface area contributed by atoms with Gasteiger partial charge in [0.2, 0.25) is 11.6 Å². The molecule has 154 valence electrons. The predicted molar refractivity (Wildman–Crippen MR) is 114 cm³/mol. The van der Waals surface area contributed by atoms with Crippen LogP contribution in [0.15, 0.2) is 66.7 Å². The smallest absolute Gasteiger partial charge is 0.317 e. The van der Waals surface area contributed by atoms with Gasteiger partial charge in [0, 0.05) is 22.2 Å². The van der Waals surface area contributed by atoms with Gasteiger partial charge < -0.3 is 9.47 Å². The SMILES string of the molecule is O=C(COc1ccc(Cl)cc1)Nc1cccc(NC(=O)COc2ccc(Cl)cc2)[nH+]1. The lowest BCUT2D eigenvalue weighted by molar-refractivity contribution is -0.343. The van der Waals surface area contributed by atoms with Gasteiger partial charge >= 0.3 is 11.8 Å². The molecule has 3 aromatic rings. The number of ether oxygens (including phenoxy) is 2. The van der Waals surface area contributed by atoms with Gasteiger partial charge in [-0.1, -0.05) is 23.2 Å².